The molecule has 1 unspecified atom stereocenters. The van der Waals surface area contributed by atoms with Crippen molar-refractivity contribution >= 4 is 61.7 Å². The normalized spacial score (nSPS) is 13.1. The first-order valence-electron chi connectivity index (χ1n) is 25.2. The topological polar surface area (TPSA) is 3.24 Å². The third-order valence-corrected chi connectivity index (χ3v) is 15.1. The molecule has 2 heteroatoms. The highest BCUT2D eigenvalue weighted by molar-refractivity contribution is 6.98. The van der Waals surface area contributed by atoms with Crippen molar-refractivity contribution < 1.29 is 0 Å². The van der Waals surface area contributed by atoms with Gasteiger partial charge in [0, 0.05) is 23.0 Å². The molecule has 0 aromatic heterocycles. The lowest BCUT2D eigenvalue weighted by Crippen LogP contribution is -2.59. The van der Waals surface area contributed by atoms with Crippen molar-refractivity contribution in [2.24, 2.45) is 0 Å². The van der Waals surface area contributed by atoms with E-state index < -0.39 is 0 Å². The fourth-order valence-corrected chi connectivity index (χ4v) is 11.4. The lowest BCUT2D eigenvalue weighted by molar-refractivity contribution is 0.590. The molecule has 1 aliphatic heterocycles. The summed E-state index contributed by atoms with van der Waals surface area (Å²) in [5, 5.41) is 5.04. The third kappa shape index (κ3) is 7.94. The van der Waals surface area contributed by atoms with Crippen LogP contribution >= 0.6 is 0 Å². The Morgan fingerprint density at radius 3 is 1.56 bits per heavy atom. The molecular weight excluding hydrogens is 842 g/mol. The number of para-hydroxylation sites is 1. The van der Waals surface area contributed by atoms with Crippen molar-refractivity contribution in [1.29, 1.82) is 0 Å². The molecule has 0 fully saturated rings. The molecule has 1 heterocycles. The molecule has 0 saturated heterocycles. The maximum Gasteiger partial charge on any atom is 0.247 e. The quantitative estimate of drug-likeness (QED) is 0.114. The van der Waals surface area contributed by atoms with Crippen LogP contribution in [-0.4, -0.2) is 6.71 Å². The zero-order valence-corrected chi connectivity index (χ0v) is 42.2. The summed E-state index contributed by atoms with van der Waals surface area (Å²) in [7, 11) is 0. The molecule has 0 spiro atoms. The van der Waals surface area contributed by atoms with Crippen LogP contribution < -0.4 is 21.3 Å². The van der Waals surface area contributed by atoms with Gasteiger partial charge >= 0.3 is 0 Å². The summed E-state index contributed by atoms with van der Waals surface area (Å²) in [4.78, 5) is 2.57. The van der Waals surface area contributed by atoms with Gasteiger partial charge in [0.1, 0.15) is 0 Å². The summed E-state index contributed by atoms with van der Waals surface area (Å²) in [6.45, 7) is 21.0. The van der Waals surface area contributed by atoms with E-state index in [1.807, 2.05) is 0 Å². The van der Waals surface area contributed by atoms with Crippen molar-refractivity contribution in [3.8, 4) is 33.4 Å². The Kier molecular flexibility index (Phi) is 11.3. The van der Waals surface area contributed by atoms with E-state index in [4.69, 9.17) is 0 Å². The average molecular weight is 904 g/mol. The second-order valence-corrected chi connectivity index (χ2v) is 21.9. The minimum absolute atomic E-state index is 0.0157. The first-order chi connectivity index (χ1) is 33.7. The summed E-state index contributed by atoms with van der Waals surface area (Å²) in [6, 6.07) is 78.1. The highest BCUT2D eigenvalue weighted by Crippen LogP contribution is 2.46. The minimum Gasteiger partial charge on any atom is -0.311 e. The molecule has 0 radical (unpaired) electrons. The largest absolute Gasteiger partial charge is 0.311 e. The molecule has 0 N–H and O–H groups in total. The van der Waals surface area contributed by atoms with Crippen LogP contribution in [0.4, 0.5) is 17.1 Å². The molecule has 0 saturated carbocycles. The molecule has 11 rings (SSSR count). The highest BCUT2D eigenvalue weighted by Gasteiger charge is 2.40. The Bertz CT molecular complexity index is 3550. The smallest absolute Gasteiger partial charge is 0.247 e. The number of aryl methyl sites for hydroxylation is 2. The number of benzene rings is 10. The maximum atomic E-state index is 2.57. The fraction of sp³-hybridized carbons (Fsp3) is 0.176. The van der Waals surface area contributed by atoms with E-state index in [1.54, 1.807) is 0 Å². The lowest BCUT2D eigenvalue weighted by Gasteiger charge is -2.41. The van der Waals surface area contributed by atoms with Crippen molar-refractivity contribution in [1.82, 2.24) is 0 Å². The maximum absolute atomic E-state index is 2.57. The summed E-state index contributed by atoms with van der Waals surface area (Å²) in [5.41, 5.74) is 23.0. The molecule has 342 valence electrons. The molecule has 10 aromatic rings. The van der Waals surface area contributed by atoms with Gasteiger partial charge in [0.2, 0.25) is 6.71 Å². The van der Waals surface area contributed by atoms with Crippen molar-refractivity contribution in [2.45, 2.75) is 79.1 Å². The Morgan fingerprint density at radius 1 is 0.414 bits per heavy atom. The number of nitrogens with zero attached hydrogens (tertiary/aromatic N) is 1. The predicted molar refractivity (Wildman–Crippen MR) is 304 cm³/mol. The monoisotopic (exact) mass is 903 g/mol. The van der Waals surface area contributed by atoms with Gasteiger partial charge in [-0.25, -0.2) is 0 Å². The number of rotatable bonds is 7. The molecule has 1 nitrogen and oxygen atoms in total. The van der Waals surface area contributed by atoms with Crippen LogP contribution in [0.25, 0.3) is 54.9 Å². The van der Waals surface area contributed by atoms with Gasteiger partial charge in [0.15, 0.2) is 0 Å². The van der Waals surface area contributed by atoms with Crippen molar-refractivity contribution in [3.63, 3.8) is 0 Å². The standard InChI is InChI=1S/C68H62BN/c1-44-22-20-25-48(38-44)46(3)59-40-51(49-26-21-27-50(39-49)65-57-32-18-16-30-55(57)64(47-23-12-10-13-24-47)56-31-17-19-33-58(56)65)41-63-66(59)69(60-42-52(67(4,5)6)35-34-45(60)2)61-43-53(68(7,8)9)36-37-62(61)70(63)54-28-14-11-15-29-54/h10-43,46H,1-9H3. The third-order valence-electron chi connectivity index (χ3n) is 15.1. The molecule has 0 amide bonds. The second kappa shape index (κ2) is 17.5. The van der Waals surface area contributed by atoms with Gasteiger partial charge in [-0.1, -0.05) is 241 Å². The summed E-state index contributed by atoms with van der Waals surface area (Å²) in [5.74, 6) is 0.0915. The number of hydrogen-bond acceptors (Lipinski definition) is 1. The molecule has 0 aliphatic carbocycles. The van der Waals surface area contributed by atoms with Gasteiger partial charge in [-0.3, -0.25) is 0 Å². The first-order valence-corrected chi connectivity index (χ1v) is 25.2. The van der Waals surface area contributed by atoms with Gasteiger partial charge in [0.05, 0.1) is 0 Å². The molecule has 0 bridgehead atoms. The van der Waals surface area contributed by atoms with E-state index >= 15 is 0 Å². The minimum atomic E-state index is -0.0369. The van der Waals surface area contributed by atoms with E-state index in [0.29, 0.717) is 0 Å². The average Bonchev–Trinajstić information content (AvgIpc) is 3.36. The Hall–Kier alpha value is -7.42. The van der Waals surface area contributed by atoms with Crippen LogP contribution in [0.15, 0.2) is 206 Å². The van der Waals surface area contributed by atoms with Gasteiger partial charge in [-0.2, -0.15) is 0 Å². The number of hydrogen-bond donors (Lipinski definition) is 0. The molecule has 1 atom stereocenters. The van der Waals surface area contributed by atoms with Crippen LogP contribution in [0.3, 0.4) is 0 Å². The Morgan fingerprint density at radius 2 is 0.943 bits per heavy atom. The predicted octanol–water partition coefficient (Wildman–Crippen LogP) is 16.7. The van der Waals surface area contributed by atoms with E-state index in [-0.39, 0.29) is 23.5 Å². The van der Waals surface area contributed by atoms with E-state index in [1.165, 1.54) is 116 Å². The van der Waals surface area contributed by atoms with Crippen LogP contribution in [0, 0.1) is 13.8 Å². The fourth-order valence-electron chi connectivity index (χ4n) is 11.4. The Labute approximate surface area is 416 Å². The number of fused-ring (bicyclic) bond motifs is 4. The SMILES string of the molecule is Cc1cccc(C(C)c2cc(-c3cccc(-c4c5ccccc5c(-c5ccccc5)c5ccccc45)c3)cc3c2B(c2cc(C(C)(C)C)ccc2C)c2cc(C(C)(C)C)ccc2N3c2ccccc2)c1. The zero-order chi connectivity index (χ0) is 48.5. The summed E-state index contributed by atoms with van der Waals surface area (Å²) in [6.07, 6.45) is 0. The van der Waals surface area contributed by atoms with E-state index in [0.717, 1.165) is 5.69 Å². The lowest BCUT2D eigenvalue weighted by atomic mass is 9.33. The van der Waals surface area contributed by atoms with Gasteiger partial charge in [0.25, 0.3) is 0 Å². The molecular formula is C68H62BN. The summed E-state index contributed by atoms with van der Waals surface area (Å²) >= 11 is 0. The van der Waals surface area contributed by atoms with Crippen LogP contribution in [0.2, 0.25) is 0 Å². The van der Waals surface area contributed by atoms with E-state index in [9.17, 15) is 0 Å². The second-order valence-electron chi connectivity index (χ2n) is 21.9. The van der Waals surface area contributed by atoms with Crippen LogP contribution in [0.5, 0.6) is 0 Å². The van der Waals surface area contributed by atoms with E-state index in [2.05, 4.69) is 273 Å². The van der Waals surface area contributed by atoms with Crippen LogP contribution in [0.1, 0.15) is 87.8 Å². The van der Waals surface area contributed by atoms with Gasteiger partial charge < -0.3 is 4.90 Å². The number of anilines is 3. The van der Waals surface area contributed by atoms with Gasteiger partial charge in [-0.15, -0.1) is 0 Å². The molecule has 1 aliphatic rings. The zero-order valence-electron chi connectivity index (χ0n) is 42.2. The molecule has 70 heavy (non-hydrogen) atoms. The molecule has 10 aromatic carbocycles. The van der Waals surface area contributed by atoms with Crippen molar-refractivity contribution in [2.75, 3.05) is 4.90 Å². The van der Waals surface area contributed by atoms with Crippen molar-refractivity contribution in [3.05, 3.63) is 240 Å². The first kappa shape index (κ1) is 45.1. The Balaban J connectivity index is 1.22. The highest BCUT2D eigenvalue weighted by atomic mass is 15.1. The van der Waals surface area contributed by atoms with Crippen LogP contribution in [-0.2, 0) is 10.8 Å². The summed E-state index contributed by atoms with van der Waals surface area (Å²) < 4.78 is 0. The van der Waals surface area contributed by atoms with Gasteiger partial charge in [-0.05, 0) is 143 Å².